The Morgan fingerprint density at radius 1 is 1.68 bits per heavy atom. The van der Waals surface area contributed by atoms with E-state index in [1.807, 2.05) is 13.2 Å². The van der Waals surface area contributed by atoms with Gasteiger partial charge in [-0.15, -0.1) is 0 Å². The molecule has 0 saturated heterocycles. The van der Waals surface area contributed by atoms with Crippen molar-refractivity contribution in [2.24, 2.45) is 0 Å². The molecule has 8 heteroatoms. The summed E-state index contributed by atoms with van der Waals surface area (Å²) in [6.07, 6.45) is 3.08. The Bertz CT molecular complexity index is 495. The normalized spacial score (nSPS) is 11.9. The van der Waals surface area contributed by atoms with E-state index < -0.39 is 10.9 Å². The van der Waals surface area contributed by atoms with Crippen LogP contribution in [-0.2, 0) is 0 Å². The van der Waals surface area contributed by atoms with Crippen LogP contribution in [0, 0.1) is 10.1 Å². The molecule has 104 valence electrons. The van der Waals surface area contributed by atoms with E-state index in [0.717, 1.165) is 18.0 Å². The fourth-order valence-electron chi connectivity index (χ4n) is 1.53. The molecule has 1 N–H and O–H groups in total. The summed E-state index contributed by atoms with van der Waals surface area (Å²) in [5, 5.41) is 19.9. The molecule has 0 aliphatic heterocycles. The van der Waals surface area contributed by atoms with Gasteiger partial charge in [-0.05, 0) is 13.2 Å². The number of thioether (sulfide) groups is 1. The standard InChI is InChI=1S/C11H15N3O4S/c1-7(6-19-3)13(2)10-9(14(17)18)4-8(5-12-10)11(15)16/h4-5,7H,6H2,1-3H3,(H,15,16). The molecule has 0 bridgehead atoms. The van der Waals surface area contributed by atoms with E-state index in [2.05, 4.69) is 4.98 Å². The summed E-state index contributed by atoms with van der Waals surface area (Å²) in [5.41, 5.74) is -0.489. The topological polar surface area (TPSA) is 96.6 Å². The number of carboxylic acid groups (broad SMARTS) is 1. The third kappa shape index (κ3) is 3.57. The van der Waals surface area contributed by atoms with Gasteiger partial charge in [0.1, 0.15) is 0 Å². The number of aromatic carboxylic acids is 1. The highest BCUT2D eigenvalue weighted by Gasteiger charge is 2.24. The number of hydrogen-bond donors (Lipinski definition) is 1. The van der Waals surface area contributed by atoms with E-state index in [0.29, 0.717) is 0 Å². The first-order chi connectivity index (χ1) is 8.88. The van der Waals surface area contributed by atoms with Gasteiger partial charge in [0.25, 0.3) is 0 Å². The van der Waals surface area contributed by atoms with Crippen molar-refractivity contribution in [1.29, 1.82) is 0 Å². The number of hydrogen-bond acceptors (Lipinski definition) is 6. The van der Waals surface area contributed by atoms with E-state index in [-0.39, 0.29) is 23.1 Å². The highest BCUT2D eigenvalue weighted by molar-refractivity contribution is 7.98. The van der Waals surface area contributed by atoms with Crippen molar-refractivity contribution in [3.05, 3.63) is 27.9 Å². The molecular formula is C11H15N3O4S. The number of nitro groups is 1. The van der Waals surface area contributed by atoms with Gasteiger partial charge < -0.3 is 10.0 Å². The van der Waals surface area contributed by atoms with Crippen LogP contribution in [-0.4, -0.2) is 46.1 Å². The number of pyridine rings is 1. The molecule has 1 heterocycles. The number of aromatic nitrogens is 1. The second-order valence-corrected chi connectivity index (χ2v) is 4.95. The summed E-state index contributed by atoms with van der Waals surface area (Å²) < 4.78 is 0. The summed E-state index contributed by atoms with van der Waals surface area (Å²) in [6.45, 7) is 1.92. The Labute approximate surface area is 114 Å². The number of carbonyl (C=O) groups is 1. The molecule has 0 spiro atoms. The number of carboxylic acids is 1. The predicted octanol–water partition coefficient (Wildman–Crippen LogP) is 1.88. The van der Waals surface area contributed by atoms with E-state index in [9.17, 15) is 14.9 Å². The minimum atomic E-state index is -1.23. The average Bonchev–Trinajstić information content (AvgIpc) is 2.37. The van der Waals surface area contributed by atoms with Crippen LogP contribution in [0.1, 0.15) is 17.3 Å². The fraction of sp³-hybridized carbons (Fsp3) is 0.455. The molecule has 0 fully saturated rings. The van der Waals surface area contributed by atoms with Crippen molar-refractivity contribution < 1.29 is 14.8 Å². The van der Waals surface area contributed by atoms with Crippen LogP contribution >= 0.6 is 11.8 Å². The summed E-state index contributed by atoms with van der Waals surface area (Å²) in [5.74, 6) is -0.269. The van der Waals surface area contributed by atoms with Crippen LogP contribution in [0.5, 0.6) is 0 Å². The van der Waals surface area contributed by atoms with Crippen molar-refractivity contribution in [1.82, 2.24) is 4.98 Å². The highest BCUT2D eigenvalue weighted by atomic mass is 32.2. The van der Waals surface area contributed by atoms with Gasteiger partial charge in [0.05, 0.1) is 10.5 Å². The van der Waals surface area contributed by atoms with Crippen molar-refractivity contribution >= 4 is 29.2 Å². The molecule has 0 aliphatic rings. The summed E-state index contributed by atoms with van der Waals surface area (Å²) in [4.78, 5) is 26.8. The van der Waals surface area contributed by atoms with Gasteiger partial charge in [-0.25, -0.2) is 9.78 Å². The maximum Gasteiger partial charge on any atom is 0.337 e. The summed E-state index contributed by atoms with van der Waals surface area (Å²) in [6, 6.07) is 1.09. The molecule has 1 atom stereocenters. The largest absolute Gasteiger partial charge is 0.478 e. The van der Waals surface area contributed by atoms with Crippen LogP contribution in [0.4, 0.5) is 11.5 Å². The Balaban J connectivity index is 3.20. The zero-order valence-electron chi connectivity index (χ0n) is 10.9. The quantitative estimate of drug-likeness (QED) is 0.629. The van der Waals surface area contributed by atoms with Gasteiger partial charge in [0.15, 0.2) is 0 Å². The van der Waals surface area contributed by atoms with E-state index in [1.54, 1.807) is 23.7 Å². The Kier molecular flexibility index (Phi) is 5.11. The molecule has 0 radical (unpaired) electrons. The van der Waals surface area contributed by atoms with E-state index in [4.69, 9.17) is 5.11 Å². The van der Waals surface area contributed by atoms with Gasteiger partial charge in [-0.1, -0.05) is 0 Å². The third-order valence-electron chi connectivity index (χ3n) is 2.69. The van der Waals surface area contributed by atoms with Gasteiger partial charge >= 0.3 is 11.7 Å². The maximum absolute atomic E-state index is 11.0. The molecule has 1 unspecified atom stereocenters. The van der Waals surface area contributed by atoms with E-state index in [1.165, 1.54) is 0 Å². The van der Waals surface area contributed by atoms with Gasteiger partial charge in [-0.3, -0.25) is 10.1 Å². The number of rotatable bonds is 6. The van der Waals surface area contributed by atoms with Gasteiger partial charge in [0, 0.05) is 31.1 Å². The molecule has 1 aromatic rings. The molecule has 19 heavy (non-hydrogen) atoms. The summed E-state index contributed by atoms with van der Waals surface area (Å²) in [7, 11) is 1.71. The van der Waals surface area contributed by atoms with Crippen molar-refractivity contribution in [3.8, 4) is 0 Å². The first-order valence-electron chi connectivity index (χ1n) is 5.48. The van der Waals surface area contributed by atoms with Gasteiger partial charge in [0.2, 0.25) is 5.82 Å². The molecule has 7 nitrogen and oxygen atoms in total. The van der Waals surface area contributed by atoms with Crippen LogP contribution < -0.4 is 4.90 Å². The zero-order chi connectivity index (χ0) is 14.6. The minimum Gasteiger partial charge on any atom is -0.478 e. The van der Waals surface area contributed by atoms with Crippen LogP contribution in [0.15, 0.2) is 12.3 Å². The van der Waals surface area contributed by atoms with Crippen molar-refractivity contribution in [2.75, 3.05) is 24.0 Å². The molecule has 1 rings (SSSR count). The molecule has 0 saturated carbocycles. The Hall–Kier alpha value is -1.83. The van der Waals surface area contributed by atoms with Gasteiger partial charge in [-0.2, -0.15) is 11.8 Å². The molecule has 0 aromatic carbocycles. The lowest BCUT2D eigenvalue weighted by molar-refractivity contribution is -0.384. The first-order valence-corrected chi connectivity index (χ1v) is 6.87. The first kappa shape index (κ1) is 15.2. The molecule has 0 amide bonds. The zero-order valence-corrected chi connectivity index (χ0v) is 11.7. The highest BCUT2D eigenvalue weighted by Crippen LogP contribution is 2.27. The second kappa shape index (κ2) is 6.37. The van der Waals surface area contributed by atoms with Crippen LogP contribution in [0.3, 0.4) is 0 Å². The average molecular weight is 285 g/mol. The lowest BCUT2D eigenvalue weighted by Gasteiger charge is -2.24. The number of anilines is 1. The second-order valence-electron chi connectivity index (χ2n) is 4.04. The SMILES string of the molecule is CSCC(C)N(C)c1ncc(C(=O)O)cc1[N+](=O)[O-]. The molecule has 1 aromatic heterocycles. The lowest BCUT2D eigenvalue weighted by Crippen LogP contribution is -2.32. The smallest absolute Gasteiger partial charge is 0.337 e. The van der Waals surface area contributed by atoms with Crippen LogP contribution in [0.2, 0.25) is 0 Å². The van der Waals surface area contributed by atoms with Crippen molar-refractivity contribution in [3.63, 3.8) is 0 Å². The third-order valence-corrected chi connectivity index (χ3v) is 3.51. The summed E-state index contributed by atoms with van der Waals surface area (Å²) >= 11 is 1.62. The predicted molar refractivity (Wildman–Crippen MR) is 74.1 cm³/mol. The lowest BCUT2D eigenvalue weighted by atomic mass is 10.2. The minimum absolute atomic E-state index is 0.0527. The van der Waals surface area contributed by atoms with Crippen LogP contribution in [0.25, 0.3) is 0 Å². The Morgan fingerprint density at radius 3 is 2.79 bits per heavy atom. The number of nitrogens with zero attached hydrogens (tertiary/aromatic N) is 3. The molecular weight excluding hydrogens is 270 g/mol. The maximum atomic E-state index is 11.0. The molecule has 0 aliphatic carbocycles. The van der Waals surface area contributed by atoms with Crippen molar-refractivity contribution in [2.45, 2.75) is 13.0 Å². The van der Waals surface area contributed by atoms with E-state index >= 15 is 0 Å². The monoisotopic (exact) mass is 285 g/mol. The Morgan fingerprint density at radius 2 is 2.32 bits per heavy atom. The fourth-order valence-corrected chi connectivity index (χ4v) is 2.24.